The second-order valence-corrected chi connectivity index (χ2v) is 8.85. The zero-order chi connectivity index (χ0) is 23.3. The summed E-state index contributed by atoms with van der Waals surface area (Å²) in [6.45, 7) is 1.87. The van der Waals surface area contributed by atoms with Gasteiger partial charge in [-0.05, 0) is 43.3 Å². The molecular formula is C22H20N4O5S. The number of nitro groups is 1. The van der Waals surface area contributed by atoms with Crippen molar-refractivity contribution in [1.29, 1.82) is 0 Å². The van der Waals surface area contributed by atoms with Crippen LogP contribution in [0.1, 0.15) is 21.5 Å². The van der Waals surface area contributed by atoms with Crippen LogP contribution in [-0.4, -0.2) is 32.5 Å². The Morgan fingerprint density at radius 2 is 1.72 bits per heavy atom. The van der Waals surface area contributed by atoms with Crippen molar-refractivity contribution in [1.82, 2.24) is 5.43 Å². The average Bonchev–Trinajstić information content (AvgIpc) is 2.79. The number of rotatable bonds is 7. The number of nitrogens with one attached hydrogen (secondary N) is 1. The molecule has 3 aromatic rings. The Balaban J connectivity index is 1.68. The normalized spacial score (nSPS) is 11.3. The van der Waals surface area contributed by atoms with Crippen molar-refractivity contribution >= 4 is 33.5 Å². The third-order valence-electron chi connectivity index (χ3n) is 4.63. The molecule has 3 aromatic carbocycles. The number of hydrazone groups is 1. The third-order valence-corrected chi connectivity index (χ3v) is 6.43. The summed E-state index contributed by atoms with van der Waals surface area (Å²) in [5.74, 6) is -0.512. The summed E-state index contributed by atoms with van der Waals surface area (Å²) < 4.78 is 26.7. The van der Waals surface area contributed by atoms with Gasteiger partial charge in [0.05, 0.1) is 21.7 Å². The molecule has 0 aromatic heterocycles. The number of non-ortho nitro benzene ring substituents is 1. The molecule has 10 heteroatoms. The molecular weight excluding hydrogens is 432 g/mol. The second-order valence-electron chi connectivity index (χ2n) is 6.88. The van der Waals surface area contributed by atoms with Crippen LogP contribution in [0.15, 0.2) is 82.8 Å². The Morgan fingerprint density at radius 1 is 1.06 bits per heavy atom. The second kappa shape index (κ2) is 9.40. The Labute approximate surface area is 185 Å². The number of carbonyl (C=O) groups is 1. The van der Waals surface area contributed by atoms with E-state index in [4.69, 9.17) is 0 Å². The zero-order valence-corrected chi connectivity index (χ0v) is 18.1. The van der Waals surface area contributed by atoms with Gasteiger partial charge in [-0.1, -0.05) is 29.8 Å². The number of nitro benzene ring substituents is 1. The largest absolute Gasteiger partial charge is 0.271 e. The quantitative estimate of drug-likeness (QED) is 0.334. The molecule has 1 amide bonds. The maximum Gasteiger partial charge on any atom is 0.271 e. The molecule has 0 saturated carbocycles. The molecule has 0 aliphatic heterocycles. The van der Waals surface area contributed by atoms with Crippen LogP contribution in [0, 0.1) is 17.0 Å². The number of hydrogen-bond acceptors (Lipinski definition) is 6. The van der Waals surface area contributed by atoms with Crippen molar-refractivity contribution in [2.24, 2.45) is 5.10 Å². The lowest BCUT2D eigenvalue weighted by atomic mass is 10.2. The van der Waals surface area contributed by atoms with Crippen molar-refractivity contribution in [3.8, 4) is 0 Å². The molecule has 164 valence electrons. The first-order valence-corrected chi connectivity index (χ1v) is 10.9. The number of sulfonamides is 1. The van der Waals surface area contributed by atoms with Crippen LogP contribution in [0.3, 0.4) is 0 Å². The summed E-state index contributed by atoms with van der Waals surface area (Å²) in [5, 5.41) is 14.6. The number of carbonyl (C=O) groups excluding carboxylic acids is 1. The van der Waals surface area contributed by atoms with E-state index in [1.54, 1.807) is 30.3 Å². The Kier molecular flexibility index (Phi) is 6.64. The standard InChI is InChI=1S/C22H20N4O5S/c1-16-6-12-21(13-7-16)32(30,31)25(2)19-10-8-18(9-11-19)22(27)24-23-15-17-4-3-5-20(14-17)26(28)29/h3-15H,1-2H3,(H,24,27)/b23-15-. The Hall–Kier alpha value is -4.05. The van der Waals surface area contributed by atoms with E-state index in [0.717, 1.165) is 9.87 Å². The van der Waals surface area contributed by atoms with Crippen LogP contribution in [0.25, 0.3) is 0 Å². The van der Waals surface area contributed by atoms with Gasteiger partial charge in [0, 0.05) is 30.3 Å². The molecule has 3 rings (SSSR count). The SMILES string of the molecule is Cc1ccc(S(=O)(=O)N(C)c2ccc(C(=O)N/N=C\c3cccc([N+](=O)[O-])c3)cc2)cc1. The van der Waals surface area contributed by atoms with Crippen LogP contribution >= 0.6 is 0 Å². The van der Waals surface area contributed by atoms with E-state index in [1.165, 1.54) is 55.7 Å². The van der Waals surface area contributed by atoms with E-state index >= 15 is 0 Å². The Morgan fingerprint density at radius 3 is 2.34 bits per heavy atom. The average molecular weight is 452 g/mol. The molecule has 32 heavy (non-hydrogen) atoms. The van der Waals surface area contributed by atoms with Gasteiger partial charge in [-0.3, -0.25) is 19.2 Å². The highest BCUT2D eigenvalue weighted by Gasteiger charge is 2.21. The van der Waals surface area contributed by atoms with Gasteiger partial charge in [0.15, 0.2) is 0 Å². The minimum absolute atomic E-state index is 0.0828. The maximum atomic E-state index is 12.8. The first kappa shape index (κ1) is 22.6. The van der Waals surface area contributed by atoms with Crippen LogP contribution in [-0.2, 0) is 10.0 Å². The van der Waals surface area contributed by atoms with Gasteiger partial charge in [0.1, 0.15) is 0 Å². The number of hydrogen-bond donors (Lipinski definition) is 1. The van der Waals surface area contributed by atoms with Crippen molar-refractivity contribution < 1.29 is 18.1 Å². The molecule has 0 spiro atoms. The molecule has 0 unspecified atom stereocenters. The third kappa shape index (κ3) is 5.16. The molecule has 0 bridgehead atoms. The van der Waals surface area contributed by atoms with Gasteiger partial charge in [-0.25, -0.2) is 13.8 Å². The molecule has 0 saturated heterocycles. The van der Waals surface area contributed by atoms with Crippen LogP contribution in [0.5, 0.6) is 0 Å². The summed E-state index contributed by atoms with van der Waals surface area (Å²) >= 11 is 0. The van der Waals surface area contributed by atoms with E-state index in [0.29, 0.717) is 11.3 Å². The first-order valence-electron chi connectivity index (χ1n) is 9.42. The molecule has 0 radical (unpaired) electrons. The van der Waals surface area contributed by atoms with Crippen molar-refractivity contribution in [3.05, 3.63) is 99.6 Å². The monoisotopic (exact) mass is 452 g/mol. The van der Waals surface area contributed by atoms with Gasteiger partial charge in [-0.15, -0.1) is 0 Å². The topological polar surface area (TPSA) is 122 Å². The minimum Gasteiger partial charge on any atom is -0.269 e. The lowest BCUT2D eigenvalue weighted by Gasteiger charge is -2.19. The lowest BCUT2D eigenvalue weighted by molar-refractivity contribution is -0.384. The van der Waals surface area contributed by atoms with E-state index < -0.39 is 20.9 Å². The molecule has 0 atom stereocenters. The molecule has 0 fully saturated rings. The van der Waals surface area contributed by atoms with Crippen molar-refractivity contribution in [2.75, 3.05) is 11.4 Å². The van der Waals surface area contributed by atoms with Crippen molar-refractivity contribution in [2.45, 2.75) is 11.8 Å². The highest BCUT2D eigenvalue weighted by molar-refractivity contribution is 7.92. The van der Waals surface area contributed by atoms with E-state index in [2.05, 4.69) is 10.5 Å². The van der Waals surface area contributed by atoms with Gasteiger partial charge in [0.25, 0.3) is 21.6 Å². The van der Waals surface area contributed by atoms with Gasteiger partial charge in [0.2, 0.25) is 0 Å². The summed E-state index contributed by atoms with van der Waals surface area (Å²) in [4.78, 5) is 22.7. The maximum absolute atomic E-state index is 12.8. The number of nitrogens with zero attached hydrogens (tertiary/aromatic N) is 3. The number of amides is 1. The summed E-state index contributed by atoms with van der Waals surface area (Å²) in [6, 6.07) is 18.3. The highest BCUT2D eigenvalue weighted by Crippen LogP contribution is 2.22. The number of aryl methyl sites for hydroxylation is 1. The minimum atomic E-state index is -3.74. The highest BCUT2D eigenvalue weighted by atomic mass is 32.2. The molecule has 1 N–H and O–H groups in total. The van der Waals surface area contributed by atoms with Crippen LogP contribution < -0.4 is 9.73 Å². The van der Waals surface area contributed by atoms with E-state index in [-0.39, 0.29) is 16.1 Å². The fourth-order valence-electron chi connectivity index (χ4n) is 2.78. The van der Waals surface area contributed by atoms with Crippen LogP contribution in [0.2, 0.25) is 0 Å². The molecule has 9 nitrogen and oxygen atoms in total. The molecule has 0 aliphatic carbocycles. The van der Waals surface area contributed by atoms with Crippen molar-refractivity contribution in [3.63, 3.8) is 0 Å². The van der Waals surface area contributed by atoms with Gasteiger partial charge < -0.3 is 0 Å². The van der Waals surface area contributed by atoms with E-state index in [9.17, 15) is 23.3 Å². The number of benzene rings is 3. The predicted octanol–water partition coefficient (Wildman–Crippen LogP) is 3.49. The summed E-state index contributed by atoms with van der Waals surface area (Å²) in [7, 11) is -2.30. The van der Waals surface area contributed by atoms with Crippen LogP contribution in [0.4, 0.5) is 11.4 Å². The number of anilines is 1. The fourth-order valence-corrected chi connectivity index (χ4v) is 3.97. The summed E-state index contributed by atoms with van der Waals surface area (Å²) in [6.07, 6.45) is 1.29. The molecule has 0 aliphatic rings. The first-order chi connectivity index (χ1) is 15.2. The fraction of sp³-hybridized carbons (Fsp3) is 0.0909. The lowest BCUT2D eigenvalue weighted by Crippen LogP contribution is -2.26. The predicted molar refractivity (Wildman–Crippen MR) is 121 cm³/mol. The zero-order valence-electron chi connectivity index (χ0n) is 17.3. The smallest absolute Gasteiger partial charge is 0.269 e. The Bertz CT molecular complexity index is 1270. The van der Waals surface area contributed by atoms with Gasteiger partial charge >= 0.3 is 0 Å². The summed E-state index contributed by atoms with van der Waals surface area (Å²) in [5.41, 5.74) is 4.32. The molecule has 0 heterocycles. The van der Waals surface area contributed by atoms with Gasteiger partial charge in [-0.2, -0.15) is 5.10 Å². The van der Waals surface area contributed by atoms with E-state index in [1.807, 2.05) is 6.92 Å².